The van der Waals surface area contributed by atoms with Gasteiger partial charge in [-0.15, -0.1) is 0 Å². The summed E-state index contributed by atoms with van der Waals surface area (Å²) >= 11 is 11.6. The fourth-order valence-electron chi connectivity index (χ4n) is 1.15. The summed E-state index contributed by atoms with van der Waals surface area (Å²) in [6, 6.07) is 2.19. The number of benzene rings is 1. The number of carbonyl (C=O) groups is 1. The van der Waals surface area contributed by atoms with Gasteiger partial charge in [-0.05, 0) is 19.1 Å². The monoisotopic (exact) mass is 296 g/mol. The zero-order valence-electron chi connectivity index (χ0n) is 8.83. The average molecular weight is 297 g/mol. The maximum absolute atomic E-state index is 11.6. The molecule has 0 aromatic heterocycles. The Morgan fingerprint density at radius 3 is 2.47 bits per heavy atom. The van der Waals surface area contributed by atoms with Gasteiger partial charge in [0, 0.05) is 6.54 Å². The highest BCUT2D eigenvalue weighted by Gasteiger charge is 2.18. The van der Waals surface area contributed by atoms with E-state index in [0.29, 0.717) is 6.54 Å². The number of carbonyl (C=O) groups excluding carboxylic acids is 1. The zero-order chi connectivity index (χ0) is 13.2. The van der Waals surface area contributed by atoms with Crippen molar-refractivity contribution in [1.29, 1.82) is 0 Å². The molecule has 17 heavy (non-hydrogen) atoms. The number of amides is 1. The molecule has 0 aliphatic rings. The zero-order valence-corrected chi connectivity index (χ0v) is 11.2. The Hall–Kier alpha value is -0.820. The molecule has 0 atom stereocenters. The maximum Gasteiger partial charge on any atom is 0.252 e. The minimum absolute atomic E-state index is 0.00924. The lowest BCUT2D eigenvalue weighted by molar-refractivity contribution is 0.0956. The van der Waals surface area contributed by atoms with E-state index in [2.05, 4.69) is 5.32 Å². The summed E-state index contributed by atoms with van der Waals surface area (Å²) in [5.41, 5.74) is -0.0231. The molecular weight excluding hydrogens is 287 g/mol. The average Bonchev–Trinajstić information content (AvgIpc) is 2.20. The molecule has 0 radical (unpaired) electrons. The van der Waals surface area contributed by atoms with Crippen molar-refractivity contribution in [3.63, 3.8) is 0 Å². The van der Waals surface area contributed by atoms with E-state index in [4.69, 9.17) is 28.3 Å². The lowest BCUT2D eigenvalue weighted by Gasteiger charge is -2.08. The lowest BCUT2D eigenvalue weighted by Crippen LogP contribution is -2.24. The Morgan fingerprint density at radius 2 is 2.00 bits per heavy atom. The second-order valence-corrected chi connectivity index (χ2v) is 5.52. The van der Waals surface area contributed by atoms with Crippen LogP contribution in [0.3, 0.4) is 0 Å². The van der Waals surface area contributed by atoms with Gasteiger partial charge in [0.25, 0.3) is 5.91 Å². The van der Waals surface area contributed by atoms with Gasteiger partial charge < -0.3 is 5.32 Å². The van der Waals surface area contributed by atoms with Crippen LogP contribution in [0, 0.1) is 0 Å². The lowest BCUT2D eigenvalue weighted by atomic mass is 10.2. The SMILES string of the molecule is CCNC(=O)c1cc(S(N)(=O)=O)cc(Cl)c1Cl. The molecule has 0 aliphatic carbocycles. The molecule has 0 fully saturated rings. The predicted octanol–water partition coefficient (Wildman–Crippen LogP) is 1.39. The third-order valence-electron chi connectivity index (χ3n) is 1.91. The molecule has 1 aromatic carbocycles. The summed E-state index contributed by atoms with van der Waals surface area (Å²) in [6.45, 7) is 2.10. The van der Waals surface area contributed by atoms with Crippen LogP contribution in [0.5, 0.6) is 0 Å². The molecule has 0 unspecified atom stereocenters. The number of sulfonamides is 1. The Kier molecular flexibility index (Phi) is 4.37. The molecule has 0 saturated heterocycles. The first-order valence-electron chi connectivity index (χ1n) is 4.57. The molecule has 94 valence electrons. The smallest absolute Gasteiger partial charge is 0.252 e. The van der Waals surface area contributed by atoms with Gasteiger partial charge in [0.1, 0.15) is 0 Å². The minimum atomic E-state index is -3.94. The van der Waals surface area contributed by atoms with Crippen LogP contribution < -0.4 is 10.5 Å². The number of hydrogen-bond acceptors (Lipinski definition) is 3. The quantitative estimate of drug-likeness (QED) is 0.883. The molecule has 0 saturated carbocycles. The Labute approximate surface area is 109 Å². The van der Waals surface area contributed by atoms with Crippen molar-refractivity contribution in [2.24, 2.45) is 5.14 Å². The van der Waals surface area contributed by atoms with Crippen LogP contribution in [0.4, 0.5) is 0 Å². The van der Waals surface area contributed by atoms with Gasteiger partial charge in [0.15, 0.2) is 0 Å². The summed E-state index contributed by atoms with van der Waals surface area (Å²) in [5.74, 6) is -0.509. The molecule has 1 rings (SSSR count). The van der Waals surface area contributed by atoms with E-state index in [1.807, 2.05) is 0 Å². The van der Waals surface area contributed by atoms with Crippen LogP contribution in [0.15, 0.2) is 17.0 Å². The number of hydrogen-bond donors (Lipinski definition) is 2. The van der Waals surface area contributed by atoms with Crippen LogP contribution in [0.25, 0.3) is 0 Å². The van der Waals surface area contributed by atoms with Crippen molar-refractivity contribution in [2.75, 3.05) is 6.54 Å². The van der Waals surface area contributed by atoms with E-state index in [1.165, 1.54) is 0 Å². The number of nitrogens with two attached hydrogens (primary N) is 1. The van der Waals surface area contributed by atoms with Crippen LogP contribution in [0.1, 0.15) is 17.3 Å². The highest BCUT2D eigenvalue weighted by atomic mass is 35.5. The molecule has 8 heteroatoms. The summed E-state index contributed by atoms with van der Waals surface area (Å²) in [5, 5.41) is 7.40. The summed E-state index contributed by atoms with van der Waals surface area (Å²) in [7, 11) is -3.94. The second kappa shape index (κ2) is 5.22. The van der Waals surface area contributed by atoms with Crippen LogP contribution in [-0.2, 0) is 10.0 Å². The Bertz CT molecular complexity index is 558. The normalized spacial score (nSPS) is 11.3. The van der Waals surface area contributed by atoms with E-state index in [-0.39, 0.29) is 20.5 Å². The summed E-state index contributed by atoms with van der Waals surface area (Å²) in [4.78, 5) is 11.4. The molecule has 0 aliphatic heterocycles. The molecule has 0 heterocycles. The van der Waals surface area contributed by atoms with Gasteiger partial charge in [-0.2, -0.15) is 0 Å². The van der Waals surface area contributed by atoms with Crippen molar-refractivity contribution in [3.05, 3.63) is 27.7 Å². The maximum atomic E-state index is 11.6. The Balaban J connectivity index is 3.40. The van der Waals surface area contributed by atoms with Gasteiger partial charge in [0.05, 0.1) is 20.5 Å². The van der Waals surface area contributed by atoms with Crippen molar-refractivity contribution < 1.29 is 13.2 Å². The van der Waals surface area contributed by atoms with Gasteiger partial charge in [0.2, 0.25) is 10.0 Å². The predicted molar refractivity (Wildman–Crippen MR) is 65.8 cm³/mol. The molecule has 0 spiro atoms. The standard InChI is InChI=1S/C9H10Cl2N2O3S/c1-2-13-9(14)6-3-5(17(12,15)16)4-7(10)8(6)11/h3-4H,2H2,1H3,(H,13,14)(H2,12,15,16). The van der Waals surface area contributed by atoms with Crippen molar-refractivity contribution in [2.45, 2.75) is 11.8 Å². The fraction of sp³-hybridized carbons (Fsp3) is 0.222. The molecule has 5 nitrogen and oxygen atoms in total. The third-order valence-corrected chi connectivity index (χ3v) is 3.61. The van der Waals surface area contributed by atoms with E-state index < -0.39 is 15.9 Å². The largest absolute Gasteiger partial charge is 0.352 e. The van der Waals surface area contributed by atoms with Crippen LogP contribution >= 0.6 is 23.2 Å². The fourth-order valence-corrected chi connectivity index (χ4v) is 2.19. The van der Waals surface area contributed by atoms with Gasteiger partial charge in [-0.1, -0.05) is 23.2 Å². The minimum Gasteiger partial charge on any atom is -0.352 e. The van der Waals surface area contributed by atoms with E-state index in [1.54, 1.807) is 6.92 Å². The first-order valence-corrected chi connectivity index (χ1v) is 6.87. The molecule has 3 N–H and O–H groups in total. The number of primary sulfonamides is 1. The van der Waals surface area contributed by atoms with E-state index in [9.17, 15) is 13.2 Å². The number of rotatable bonds is 3. The third kappa shape index (κ3) is 3.32. The van der Waals surface area contributed by atoms with Crippen molar-refractivity contribution in [1.82, 2.24) is 5.32 Å². The highest BCUT2D eigenvalue weighted by Crippen LogP contribution is 2.29. The molecular formula is C9H10Cl2N2O3S. The van der Waals surface area contributed by atoms with Gasteiger partial charge >= 0.3 is 0 Å². The van der Waals surface area contributed by atoms with Gasteiger partial charge in [-0.25, -0.2) is 13.6 Å². The summed E-state index contributed by atoms with van der Waals surface area (Å²) in [6.07, 6.45) is 0. The summed E-state index contributed by atoms with van der Waals surface area (Å²) < 4.78 is 22.3. The number of nitrogens with one attached hydrogen (secondary N) is 1. The highest BCUT2D eigenvalue weighted by molar-refractivity contribution is 7.89. The van der Waals surface area contributed by atoms with Crippen molar-refractivity contribution in [3.8, 4) is 0 Å². The first-order chi connectivity index (χ1) is 7.77. The number of halogens is 2. The topological polar surface area (TPSA) is 89.3 Å². The van der Waals surface area contributed by atoms with E-state index in [0.717, 1.165) is 12.1 Å². The second-order valence-electron chi connectivity index (χ2n) is 3.17. The first kappa shape index (κ1) is 14.2. The Morgan fingerprint density at radius 1 is 1.41 bits per heavy atom. The van der Waals surface area contributed by atoms with Crippen LogP contribution in [0.2, 0.25) is 10.0 Å². The molecule has 1 aromatic rings. The van der Waals surface area contributed by atoms with Crippen molar-refractivity contribution >= 4 is 39.1 Å². The molecule has 0 bridgehead atoms. The molecule has 1 amide bonds. The van der Waals surface area contributed by atoms with Crippen LogP contribution in [-0.4, -0.2) is 20.9 Å². The van der Waals surface area contributed by atoms with E-state index >= 15 is 0 Å². The van der Waals surface area contributed by atoms with Gasteiger partial charge in [-0.3, -0.25) is 4.79 Å².